The summed E-state index contributed by atoms with van der Waals surface area (Å²) in [6.45, 7) is 0. The minimum Gasteiger partial charge on any atom is -0.465 e. The van der Waals surface area contributed by atoms with Crippen LogP contribution in [0.15, 0.2) is 66.1 Å². The number of carbonyl (C=O) groups is 2. The summed E-state index contributed by atoms with van der Waals surface area (Å²) in [7, 11) is 1.30. The molecule has 0 aliphatic carbocycles. The maximum absolute atomic E-state index is 13.2. The average Bonchev–Trinajstić information content (AvgIpc) is 3.22. The first-order valence-corrected chi connectivity index (χ1v) is 10.2. The van der Waals surface area contributed by atoms with E-state index in [1.165, 1.54) is 37.3 Å². The normalized spacial score (nSPS) is 10.8. The molecule has 2 aromatic heterocycles. The van der Waals surface area contributed by atoms with E-state index in [2.05, 4.69) is 20.3 Å². The molecule has 0 bridgehead atoms. The number of thioether (sulfide) groups is 1. The Hall–Kier alpha value is -3.72. The van der Waals surface area contributed by atoms with Gasteiger partial charge in [0.05, 0.1) is 23.9 Å². The Kier molecular flexibility index (Phi) is 5.94. The van der Waals surface area contributed by atoms with E-state index in [4.69, 9.17) is 4.74 Å². The summed E-state index contributed by atoms with van der Waals surface area (Å²) in [6, 6.07) is 12.7. The summed E-state index contributed by atoms with van der Waals surface area (Å²) in [5, 5.41) is 3.38. The number of aromatic amines is 1. The van der Waals surface area contributed by atoms with Crippen LogP contribution in [0.2, 0.25) is 0 Å². The molecular weight excluding hydrogens is 419 g/mol. The number of esters is 1. The molecule has 4 aromatic rings. The highest BCUT2D eigenvalue weighted by atomic mass is 32.2. The standard InChI is InChI=1S/C22H17FN4O3S/c1-30-22(29)14-3-2-4-16(9-14)27-18(28)11-31-21-20-19(25-12-26-21)17(10-24-20)13-5-7-15(23)8-6-13/h2-10,12,24H,11H2,1H3,(H,27,28). The number of amides is 1. The van der Waals surface area contributed by atoms with Gasteiger partial charge in [-0.25, -0.2) is 19.2 Å². The molecule has 156 valence electrons. The topological polar surface area (TPSA) is 97.0 Å². The fraction of sp³-hybridized carbons (Fsp3) is 0.0909. The van der Waals surface area contributed by atoms with Gasteiger partial charge in [-0.15, -0.1) is 0 Å². The van der Waals surface area contributed by atoms with Crippen molar-refractivity contribution in [2.75, 3.05) is 18.2 Å². The molecule has 0 spiro atoms. The Morgan fingerprint density at radius 1 is 1.16 bits per heavy atom. The second kappa shape index (κ2) is 8.97. The fourth-order valence-electron chi connectivity index (χ4n) is 3.05. The smallest absolute Gasteiger partial charge is 0.337 e. The van der Waals surface area contributed by atoms with Crippen LogP contribution in [0.25, 0.3) is 22.2 Å². The molecular formula is C22H17FN4O3S. The summed E-state index contributed by atoms with van der Waals surface area (Å²) in [4.78, 5) is 35.8. The fourth-order valence-corrected chi connectivity index (χ4v) is 3.81. The SMILES string of the molecule is COC(=O)c1cccc(NC(=O)CSc2ncnc3c(-c4ccc(F)cc4)c[nH]c23)c1. The molecule has 0 atom stereocenters. The van der Waals surface area contributed by atoms with Gasteiger partial charge in [0, 0.05) is 17.4 Å². The molecule has 0 saturated carbocycles. The van der Waals surface area contributed by atoms with E-state index in [0.29, 0.717) is 27.3 Å². The van der Waals surface area contributed by atoms with Crippen LogP contribution in [-0.2, 0) is 9.53 Å². The van der Waals surface area contributed by atoms with E-state index in [0.717, 1.165) is 11.1 Å². The number of hydrogen-bond acceptors (Lipinski definition) is 6. The molecule has 0 unspecified atom stereocenters. The summed E-state index contributed by atoms with van der Waals surface area (Å²) >= 11 is 1.26. The molecule has 1 amide bonds. The zero-order valence-corrected chi connectivity index (χ0v) is 17.2. The Morgan fingerprint density at radius 3 is 2.74 bits per heavy atom. The molecule has 2 heterocycles. The second-order valence-corrected chi connectivity index (χ2v) is 7.48. The third kappa shape index (κ3) is 4.56. The minimum absolute atomic E-state index is 0.111. The van der Waals surface area contributed by atoms with Gasteiger partial charge in [-0.1, -0.05) is 30.0 Å². The average molecular weight is 436 g/mol. The Morgan fingerprint density at radius 2 is 1.97 bits per heavy atom. The number of H-pyrrole nitrogens is 1. The van der Waals surface area contributed by atoms with Crippen LogP contribution >= 0.6 is 11.8 Å². The molecule has 2 N–H and O–H groups in total. The van der Waals surface area contributed by atoms with E-state index in [1.807, 2.05) is 0 Å². The maximum Gasteiger partial charge on any atom is 0.337 e. The van der Waals surface area contributed by atoms with Crippen LogP contribution < -0.4 is 5.32 Å². The van der Waals surface area contributed by atoms with E-state index >= 15 is 0 Å². The number of fused-ring (bicyclic) bond motifs is 1. The molecule has 0 saturated heterocycles. The van der Waals surface area contributed by atoms with Crippen LogP contribution in [-0.4, -0.2) is 39.7 Å². The number of benzene rings is 2. The van der Waals surface area contributed by atoms with Crippen molar-refractivity contribution in [2.45, 2.75) is 5.03 Å². The van der Waals surface area contributed by atoms with Crippen molar-refractivity contribution in [3.63, 3.8) is 0 Å². The van der Waals surface area contributed by atoms with Gasteiger partial charge in [-0.2, -0.15) is 0 Å². The Bertz CT molecular complexity index is 1260. The Labute approximate surface area is 181 Å². The highest BCUT2D eigenvalue weighted by Crippen LogP contribution is 2.31. The number of aromatic nitrogens is 3. The maximum atomic E-state index is 13.2. The number of hydrogen-bond donors (Lipinski definition) is 2. The highest BCUT2D eigenvalue weighted by Gasteiger charge is 2.14. The Balaban J connectivity index is 1.47. The first-order chi connectivity index (χ1) is 15.0. The van der Waals surface area contributed by atoms with Crippen molar-refractivity contribution in [1.82, 2.24) is 15.0 Å². The van der Waals surface area contributed by atoms with Crippen LogP contribution in [0.3, 0.4) is 0 Å². The number of halogens is 1. The highest BCUT2D eigenvalue weighted by molar-refractivity contribution is 8.00. The van der Waals surface area contributed by atoms with Crippen LogP contribution in [0.5, 0.6) is 0 Å². The van der Waals surface area contributed by atoms with Crippen molar-refractivity contribution < 1.29 is 18.7 Å². The minimum atomic E-state index is -0.474. The molecule has 0 aliphatic rings. The summed E-state index contributed by atoms with van der Waals surface area (Å²) < 4.78 is 17.9. The number of anilines is 1. The first-order valence-electron chi connectivity index (χ1n) is 9.24. The molecule has 0 radical (unpaired) electrons. The lowest BCUT2D eigenvalue weighted by Gasteiger charge is -2.07. The summed E-state index contributed by atoms with van der Waals surface area (Å²) in [5.74, 6) is -0.918. The van der Waals surface area contributed by atoms with Crippen LogP contribution in [0, 0.1) is 5.82 Å². The monoisotopic (exact) mass is 436 g/mol. The zero-order chi connectivity index (χ0) is 21.8. The third-order valence-electron chi connectivity index (χ3n) is 4.49. The molecule has 7 nitrogen and oxygen atoms in total. The lowest BCUT2D eigenvalue weighted by molar-refractivity contribution is -0.113. The van der Waals surface area contributed by atoms with E-state index in [1.54, 1.807) is 42.6 Å². The van der Waals surface area contributed by atoms with E-state index in [-0.39, 0.29) is 17.5 Å². The quantitative estimate of drug-likeness (QED) is 0.266. The van der Waals surface area contributed by atoms with Crippen molar-refractivity contribution in [1.29, 1.82) is 0 Å². The van der Waals surface area contributed by atoms with Gasteiger partial charge in [0.15, 0.2) is 0 Å². The lowest BCUT2D eigenvalue weighted by atomic mass is 10.1. The van der Waals surface area contributed by atoms with Crippen LogP contribution in [0.4, 0.5) is 10.1 Å². The van der Waals surface area contributed by atoms with Crippen molar-refractivity contribution in [3.05, 3.63) is 72.4 Å². The molecule has 4 rings (SSSR count). The second-order valence-electron chi connectivity index (χ2n) is 6.52. The third-order valence-corrected chi connectivity index (χ3v) is 5.48. The summed E-state index contributed by atoms with van der Waals surface area (Å²) in [6.07, 6.45) is 3.22. The number of rotatable bonds is 6. The number of methoxy groups -OCH3 is 1. The number of ether oxygens (including phenoxy) is 1. The summed E-state index contributed by atoms with van der Waals surface area (Å²) in [5.41, 5.74) is 3.89. The van der Waals surface area contributed by atoms with Gasteiger partial charge >= 0.3 is 5.97 Å². The lowest BCUT2D eigenvalue weighted by Crippen LogP contribution is -2.14. The van der Waals surface area contributed by atoms with Gasteiger partial charge in [-0.05, 0) is 35.9 Å². The predicted octanol–water partition coefficient (Wildman–Crippen LogP) is 4.28. The van der Waals surface area contributed by atoms with Crippen molar-refractivity contribution in [3.8, 4) is 11.1 Å². The molecule has 2 aromatic carbocycles. The molecule has 9 heteroatoms. The van der Waals surface area contributed by atoms with Gasteiger partial charge in [0.2, 0.25) is 5.91 Å². The predicted molar refractivity (Wildman–Crippen MR) is 116 cm³/mol. The van der Waals surface area contributed by atoms with Crippen LogP contribution in [0.1, 0.15) is 10.4 Å². The molecule has 0 aliphatic heterocycles. The first kappa shape index (κ1) is 20.5. The van der Waals surface area contributed by atoms with E-state index in [9.17, 15) is 14.0 Å². The van der Waals surface area contributed by atoms with Gasteiger partial charge in [0.1, 0.15) is 22.7 Å². The van der Waals surface area contributed by atoms with Crippen molar-refractivity contribution >= 4 is 40.4 Å². The number of nitrogens with zero attached hydrogens (tertiary/aromatic N) is 2. The van der Waals surface area contributed by atoms with Gasteiger partial charge in [0.25, 0.3) is 0 Å². The molecule has 0 fully saturated rings. The van der Waals surface area contributed by atoms with Gasteiger partial charge < -0.3 is 15.0 Å². The largest absolute Gasteiger partial charge is 0.465 e. The zero-order valence-electron chi connectivity index (χ0n) is 16.4. The van der Waals surface area contributed by atoms with Crippen molar-refractivity contribution in [2.24, 2.45) is 0 Å². The van der Waals surface area contributed by atoms with Gasteiger partial charge in [-0.3, -0.25) is 4.79 Å². The van der Waals surface area contributed by atoms with E-state index < -0.39 is 5.97 Å². The number of carbonyl (C=O) groups excluding carboxylic acids is 2. The molecule has 31 heavy (non-hydrogen) atoms. The number of nitrogens with one attached hydrogen (secondary N) is 2.